The van der Waals surface area contributed by atoms with Crippen molar-refractivity contribution in [2.75, 3.05) is 18.4 Å². The SMILES string of the molecule is CC(=O)Nc1ccc(F)c(C(=O)NCC(F)(F)CN)c1.Cl. The van der Waals surface area contributed by atoms with Crippen molar-refractivity contribution in [3.8, 4) is 0 Å². The molecule has 0 aliphatic heterocycles. The zero-order valence-electron chi connectivity index (χ0n) is 11.1. The Labute approximate surface area is 125 Å². The molecule has 2 amide bonds. The minimum atomic E-state index is -3.26. The summed E-state index contributed by atoms with van der Waals surface area (Å²) >= 11 is 0. The lowest BCUT2D eigenvalue weighted by Gasteiger charge is -2.15. The summed E-state index contributed by atoms with van der Waals surface area (Å²) in [6.45, 7) is -0.682. The second kappa shape index (κ2) is 7.84. The third-order valence-electron chi connectivity index (χ3n) is 2.34. The van der Waals surface area contributed by atoms with Crippen LogP contribution in [0.5, 0.6) is 0 Å². The van der Waals surface area contributed by atoms with E-state index in [9.17, 15) is 22.8 Å². The van der Waals surface area contributed by atoms with Crippen LogP contribution in [0.25, 0.3) is 0 Å². The molecule has 0 radical (unpaired) electrons. The van der Waals surface area contributed by atoms with Gasteiger partial charge >= 0.3 is 0 Å². The first kappa shape index (κ1) is 19.2. The number of hydrogen-bond acceptors (Lipinski definition) is 3. The largest absolute Gasteiger partial charge is 0.346 e. The molecule has 0 aromatic heterocycles. The fourth-order valence-corrected chi connectivity index (χ4v) is 1.36. The number of carbonyl (C=O) groups excluding carboxylic acids is 2. The Bertz CT molecular complexity index is 526. The number of anilines is 1. The van der Waals surface area contributed by atoms with Gasteiger partial charge in [0.25, 0.3) is 11.8 Å². The van der Waals surface area contributed by atoms with E-state index in [1.54, 1.807) is 0 Å². The second-order valence-corrected chi connectivity index (χ2v) is 4.12. The van der Waals surface area contributed by atoms with Gasteiger partial charge in [-0.3, -0.25) is 9.59 Å². The van der Waals surface area contributed by atoms with E-state index in [0.29, 0.717) is 0 Å². The summed E-state index contributed by atoms with van der Waals surface area (Å²) in [7, 11) is 0. The summed E-state index contributed by atoms with van der Waals surface area (Å²) in [5.41, 5.74) is 4.57. The van der Waals surface area contributed by atoms with Crippen molar-refractivity contribution in [2.24, 2.45) is 5.73 Å². The van der Waals surface area contributed by atoms with Crippen LogP contribution >= 0.6 is 12.4 Å². The van der Waals surface area contributed by atoms with Gasteiger partial charge in [0.2, 0.25) is 5.91 Å². The highest BCUT2D eigenvalue weighted by Crippen LogP contribution is 2.15. The summed E-state index contributed by atoms with van der Waals surface area (Å²) < 4.78 is 39.3. The van der Waals surface area contributed by atoms with Gasteiger partial charge in [0.1, 0.15) is 5.82 Å². The Balaban J connectivity index is 0.00000400. The van der Waals surface area contributed by atoms with Gasteiger partial charge in [0, 0.05) is 12.6 Å². The molecule has 0 aliphatic rings. The van der Waals surface area contributed by atoms with E-state index in [1.165, 1.54) is 13.0 Å². The standard InChI is InChI=1S/C12H14F3N3O2.ClH/c1-7(19)18-8-2-3-10(13)9(4-8)11(20)17-6-12(14,15)5-16;/h2-4H,5-6,16H2,1H3,(H,17,20)(H,18,19);1H. The van der Waals surface area contributed by atoms with E-state index >= 15 is 0 Å². The molecule has 0 heterocycles. The predicted octanol–water partition coefficient (Wildman–Crippen LogP) is 1.53. The normalized spacial score (nSPS) is 10.5. The lowest BCUT2D eigenvalue weighted by atomic mass is 10.1. The second-order valence-electron chi connectivity index (χ2n) is 4.12. The Hall–Kier alpha value is -1.80. The number of hydrogen-bond donors (Lipinski definition) is 3. The van der Waals surface area contributed by atoms with Crippen LogP contribution in [0.4, 0.5) is 18.9 Å². The lowest BCUT2D eigenvalue weighted by Crippen LogP contribution is -2.41. The van der Waals surface area contributed by atoms with E-state index in [-0.39, 0.29) is 18.1 Å². The van der Waals surface area contributed by atoms with Gasteiger partial charge < -0.3 is 16.4 Å². The van der Waals surface area contributed by atoms with Crippen molar-refractivity contribution in [3.05, 3.63) is 29.6 Å². The first-order valence-corrected chi connectivity index (χ1v) is 5.68. The van der Waals surface area contributed by atoms with Crippen LogP contribution in [-0.2, 0) is 4.79 Å². The smallest absolute Gasteiger partial charge is 0.277 e. The first-order chi connectivity index (χ1) is 9.25. The van der Waals surface area contributed by atoms with E-state index in [1.807, 2.05) is 5.32 Å². The van der Waals surface area contributed by atoms with Crippen molar-refractivity contribution in [3.63, 3.8) is 0 Å². The monoisotopic (exact) mass is 325 g/mol. The third kappa shape index (κ3) is 6.01. The molecule has 0 saturated carbocycles. The number of benzene rings is 1. The molecule has 0 fully saturated rings. The molecule has 0 saturated heterocycles. The zero-order valence-corrected chi connectivity index (χ0v) is 11.9. The van der Waals surface area contributed by atoms with E-state index in [4.69, 9.17) is 5.73 Å². The van der Waals surface area contributed by atoms with Gasteiger partial charge in [-0.05, 0) is 18.2 Å². The number of halogens is 4. The number of amides is 2. The molecule has 4 N–H and O–H groups in total. The fourth-order valence-electron chi connectivity index (χ4n) is 1.36. The summed E-state index contributed by atoms with van der Waals surface area (Å²) in [5, 5.41) is 4.25. The Kier molecular flexibility index (Phi) is 7.17. The van der Waals surface area contributed by atoms with E-state index in [2.05, 4.69) is 5.32 Å². The average Bonchev–Trinajstić information content (AvgIpc) is 2.38. The van der Waals surface area contributed by atoms with Crippen LogP contribution in [0.2, 0.25) is 0 Å². The van der Waals surface area contributed by atoms with Gasteiger partial charge in [-0.1, -0.05) is 0 Å². The van der Waals surface area contributed by atoms with Gasteiger partial charge in [-0.2, -0.15) is 0 Å². The highest BCUT2D eigenvalue weighted by atomic mass is 35.5. The van der Waals surface area contributed by atoms with Crippen LogP contribution in [0, 0.1) is 5.82 Å². The zero-order chi connectivity index (χ0) is 15.3. The highest BCUT2D eigenvalue weighted by molar-refractivity contribution is 5.97. The van der Waals surface area contributed by atoms with Crippen molar-refractivity contribution < 1.29 is 22.8 Å². The maximum atomic E-state index is 13.5. The number of alkyl halides is 2. The number of rotatable bonds is 5. The van der Waals surface area contributed by atoms with Crippen LogP contribution in [0.15, 0.2) is 18.2 Å². The molecule has 118 valence electrons. The quantitative estimate of drug-likeness (QED) is 0.767. The van der Waals surface area contributed by atoms with Crippen molar-refractivity contribution in [1.82, 2.24) is 5.32 Å². The first-order valence-electron chi connectivity index (χ1n) is 5.68. The summed E-state index contributed by atoms with van der Waals surface area (Å²) in [4.78, 5) is 22.5. The molecule has 0 bridgehead atoms. The van der Waals surface area contributed by atoms with Crippen LogP contribution in [0.1, 0.15) is 17.3 Å². The molecule has 1 aromatic carbocycles. The molecule has 9 heteroatoms. The number of carbonyl (C=O) groups is 2. The molecule has 0 unspecified atom stereocenters. The van der Waals surface area contributed by atoms with E-state index in [0.717, 1.165) is 12.1 Å². The topological polar surface area (TPSA) is 84.2 Å². The minimum Gasteiger partial charge on any atom is -0.346 e. The Morgan fingerprint density at radius 3 is 2.48 bits per heavy atom. The molecule has 21 heavy (non-hydrogen) atoms. The van der Waals surface area contributed by atoms with Crippen LogP contribution in [-0.4, -0.2) is 30.8 Å². The van der Waals surface area contributed by atoms with Gasteiger partial charge in [0.05, 0.1) is 18.7 Å². The van der Waals surface area contributed by atoms with Crippen molar-refractivity contribution in [2.45, 2.75) is 12.8 Å². The average molecular weight is 326 g/mol. The number of nitrogens with two attached hydrogens (primary N) is 1. The van der Waals surface area contributed by atoms with E-state index < -0.39 is 42.2 Å². The number of nitrogens with one attached hydrogen (secondary N) is 2. The molecular formula is C12H15ClF3N3O2. The molecular weight excluding hydrogens is 311 g/mol. The predicted molar refractivity (Wildman–Crippen MR) is 74.3 cm³/mol. The Morgan fingerprint density at radius 1 is 1.33 bits per heavy atom. The van der Waals surface area contributed by atoms with Gasteiger partial charge in [-0.15, -0.1) is 12.4 Å². The Morgan fingerprint density at radius 2 is 1.95 bits per heavy atom. The molecule has 0 aliphatic carbocycles. The molecule has 5 nitrogen and oxygen atoms in total. The molecule has 1 rings (SSSR count). The molecule has 0 spiro atoms. The summed E-state index contributed by atoms with van der Waals surface area (Å²) in [6.07, 6.45) is 0. The van der Waals surface area contributed by atoms with Crippen LogP contribution < -0.4 is 16.4 Å². The molecule has 0 atom stereocenters. The van der Waals surface area contributed by atoms with Crippen LogP contribution in [0.3, 0.4) is 0 Å². The highest BCUT2D eigenvalue weighted by Gasteiger charge is 2.27. The maximum Gasteiger partial charge on any atom is 0.277 e. The van der Waals surface area contributed by atoms with Gasteiger partial charge in [-0.25, -0.2) is 13.2 Å². The summed E-state index contributed by atoms with van der Waals surface area (Å²) in [6, 6.07) is 3.27. The lowest BCUT2D eigenvalue weighted by molar-refractivity contribution is -0.114. The minimum absolute atomic E-state index is 0. The fraction of sp³-hybridized carbons (Fsp3) is 0.333. The third-order valence-corrected chi connectivity index (χ3v) is 2.34. The molecule has 1 aromatic rings. The van der Waals surface area contributed by atoms with Crippen molar-refractivity contribution >= 4 is 29.9 Å². The van der Waals surface area contributed by atoms with Gasteiger partial charge in [0.15, 0.2) is 0 Å². The van der Waals surface area contributed by atoms with Crippen molar-refractivity contribution in [1.29, 1.82) is 0 Å². The maximum absolute atomic E-state index is 13.5. The summed E-state index contributed by atoms with van der Waals surface area (Å²) in [5.74, 6) is -5.56.